The summed E-state index contributed by atoms with van der Waals surface area (Å²) < 4.78 is 5.56. The van der Waals surface area contributed by atoms with E-state index in [1.54, 1.807) is 6.07 Å². The lowest BCUT2D eigenvalue weighted by molar-refractivity contribution is -0.384. The monoisotopic (exact) mass is 292 g/mol. The predicted octanol–water partition coefficient (Wildman–Crippen LogP) is 4.52. The summed E-state index contributed by atoms with van der Waals surface area (Å²) in [6, 6.07) is 5.37. The topological polar surface area (TPSA) is 64.4 Å². The van der Waals surface area contributed by atoms with E-state index in [-0.39, 0.29) is 10.6 Å². The molecule has 1 N–H and O–H groups in total. The number of nitro groups is 1. The van der Waals surface area contributed by atoms with Crippen molar-refractivity contribution in [2.75, 3.05) is 11.9 Å². The SMILES string of the molecule is CCCOc1cc(NC2CCCCCC2)cc([N+](=O)[O-])c1. The Balaban J connectivity index is 2.12. The number of hydrogen-bond donors (Lipinski definition) is 1. The summed E-state index contributed by atoms with van der Waals surface area (Å²) in [6.07, 6.45) is 8.18. The van der Waals surface area contributed by atoms with Crippen LogP contribution in [-0.4, -0.2) is 17.6 Å². The fourth-order valence-corrected chi connectivity index (χ4v) is 2.73. The first-order valence-electron chi connectivity index (χ1n) is 7.88. The number of ether oxygens (including phenoxy) is 1. The van der Waals surface area contributed by atoms with Crippen molar-refractivity contribution in [3.05, 3.63) is 28.3 Å². The van der Waals surface area contributed by atoms with Crippen LogP contribution in [0.25, 0.3) is 0 Å². The molecule has 1 fully saturated rings. The van der Waals surface area contributed by atoms with Crippen molar-refractivity contribution >= 4 is 11.4 Å². The van der Waals surface area contributed by atoms with Crippen molar-refractivity contribution in [1.29, 1.82) is 0 Å². The Morgan fingerprint density at radius 3 is 2.57 bits per heavy atom. The van der Waals surface area contributed by atoms with Gasteiger partial charge < -0.3 is 10.1 Å². The summed E-state index contributed by atoms with van der Waals surface area (Å²) in [7, 11) is 0. The van der Waals surface area contributed by atoms with Crippen molar-refractivity contribution in [3.63, 3.8) is 0 Å². The molecule has 2 rings (SSSR count). The average molecular weight is 292 g/mol. The Morgan fingerprint density at radius 1 is 1.24 bits per heavy atom. The third-order valence-electron chi connectivity index (χ3n) is 3.80. The Labute approximate surface area is 125 Å². The highest BCUT2D eigenvalue weighted by Gasteiger charge is 2.15. The van der Waals surface area contributed by atoms with Gasteiger partial charge in [0.2, 0.25) is 0 Å². The van der Waals surface area contributed by atoms with Gasteiger partial charge in [0.15, 0.2) is 0 Å². The minimum atomic E-state index is -0.364. The van der Waals surface area contributed by atoms with Crippen molar-refractivity contribution < 1.29 is 9.66 Å². The highest BCUT2D eigenvalue weighted by molar-refractivity contribution is 5.56. The van der Waals surface area contributed by atoms with Gasteiger partial charge in [-0.05, 0) is 19.3 Å². The molecule has 0 spiro atoms. The summed E-state index contributed by atoms with van der Waals surface area (Å²) in [5.41, 5.74) is 0.877. The first-order valence-corrected chi connectivity index (χ1v) is 7.88. The molecular weight excluding hydrogens is 268 g/mol. The number of nitro benzene ring substituents is 1. The van der Waals surface area contributed by atoms with Crippen molar-refractivity contribution in [2.24, 2.45) is 0 Å². The molecule has 1 saturated carbocycles. The fraction of sp³-hybridized carbons (Fsp3) is 0.625. The van der Waals surface area contributed by atoms with E-state index in [0.717, 1.165) is 24.9 Å². The van der Waals surface area contributed by atoms with E-state index in [1.165, 1.54) is 31.7 Å². The molecule has 0 unspecified atom stereocenters. The van der Waals surface area contributed by atoms with E-state index >= 15 is 0 Å². The lowest BCUT2D eigenvalue weighted by atomic mass is 10.1. The molecule has 116 valence electrons. The number of hydrogen-bond acceptors (Lipinski definition) is 4. The van der Waals surface area contributed by atoms with Crippen LogP contribution in [0.1, 0.15) is 51.9 Å². The number of non-ortho nitro benzene ring substituents is 1. The molecule has 5 heteroatoms. The number of anilines is 1. The van der Waals surface area contributed by atoms with E-state index in [2.05, 4.69) is 5.32 Å². The number of benzene rings is 1. The molecule has 0 aromatic heterocycles. The molecule has 1 aromatic carbocycles. The minimum Gasteiger partial charge on any atom is -0.493 e. The highest BCUT2D eigenvalue weighted by Crippen LogP contribution is 2.28. The number of nitrogens with one attached hydrogen (secondary N) is 1. The molecule has 1 aliphatic carbocycles. The molecule has 0 radical (unpaired) electrons. The molecule has 21 heavy (non-hydrogen) atoms. The third kappa shape index (κ3) is 4.92. The summed E-state index contributed by atoms with van der Waals surface area (Å²) in [5.74, 6) is 0.571. The highest BCUT2D eigenvalue weighted by atomic mass is 16.6. The minimum absolute atomic E-state index is 0.0831. The van der Waals surface area contributed by atoms with Gasteiger partial charge in [0.25, 0.3) is 5.69 Å². The van der Waals surface area contributed by atoms with Crippen LogP contribution in [-0.2, 0) is 0 Å². The maximum atomic E-state index is 11.0. The Hall–Kier alpha value is -1.78. The molecule has 5 nitrogen and oxygen atoms in total. The van der Waals surface area contributed by atoms with Crippen molar-refractivity contribution in [1.82, 2.24) is 0 Å². The van der Waals surface area contributed by atoms with Crippen LogP contribution in [0.5, 0.6) is 5.75 Å². The van der Waals surface area contributed by atoms with Crippen LogP contribution in [0.2, 0.25) is 0 Å². The summed E-state index contributed by atoms with van der Waals surface area (Å²) in [6.45, 7) is 2.59. The second-order valence-corrected chi connectivity index (χ2v) is 5.65. The van der Waals surface area contributed by atoms with Crippen LogP contribution >= 0.6 is 0 Å². The van der Waals surface area contributed by atoms with Gasteiger partial charge in [-0.15, -0.1) is 0 Å². The van der Waals surface area contributed by atoms with Gasteiger partial charge in [-0.2, -0.15) is 0 Å². The Bertz CT molecular complexity index is 469. The van der Waals surface area contributed by atoms with Crippen molar-refractivity contribution in [3.8, 4) is 5.75 Å². The second-order valence-electron chi connectivity index (χ2n) is 5.65. The first kappa shape index (κ1) is 15.6. The zero-order valence-corrected chi connectivity index (χ0v) is 12.6. The molecule has 0 atom stereocenters. The number of rotatable bonds is 6. The lowest BCUT2D eigenvalue weighted by Gasteiger charge is -2.18. The van der Waals surface area contributed by atoms with Gasteiger partial charge in [-0.3, -0.25) is 10.1 Å². The van der Waals surface area contributed by atoms with Gasteiger partial charge in [-0.25, -0.2) is 0 Å². The van der Waals surface area contributed by atoms with E-state index in [4.69, 9.17) is 4.74 Å². The first-order chi connectivity index (χ1) is 10.2. The molecular formula is C16H24N2O3. The van der Waals surface area contributed by atoms with E-state index < -0.39 is 0 Å². The molecule has 1 aromatic rings. The Morgan fingerprint density at radius 2 is 1.95 bits per heavy atom. The standard InChI is InChI=1S/C16H24N2O3/c1-2-9-21-16-11-14(10-15(12-16)18(19)20)17-13-7-5-3-4-6-8-13/h10-13,17H,2-9H2,1H3. The normalized spacial score (nSPS) is 16.2. The van der Waals surface area contributed by atoms with Crippen LogP contribution < -0.4 is 10.1 Å². The maximum Gasteiger partial charge on any atom is 0.275 e. The van der Waals surface area contributed by atoms with Crippen molar-refractivity contribution in [2.45, 2.75) is 57.9 Å². The van der Waals surface area contributed by atoms with E-state index in [0.29, 0.717) is 18.4 Å². The summed E-state index contributed by atoms with van der Waals surface area (Å²) in [5, 5.41) is 14.5. The quantitative estimate of drug-likeness (QED) is 0.475. The molecule has 0 heterocycles. The second kappa shape index (κ2) is 7.86. The number of nitrogens with zero attached hydrogens (tertiary/aromatic N) is 1. The molecule has 0 bridgehead atoms. The summed E-state index contributed by atoms with van der Waals surface area (Å²) in [4.78, 5) is 10.7. The van der Waals surface area contributed by atoms with Gasteiger partial charge in [-0.1, -0.05) is 32.6 Å². The largest absolute Gasteiger partial charge is 0.493 e. The van der Waals surface area contributed by atoms with Gasteiger partial charge in [0, 0.05) is 23.9 Å². The molecule has 0 amide bonds. The smallest absolute Gasteiger partial charge is 0.275 e. The van der Waals surface area contributed by atoms with Gasteiger partial charge >= 0.3 is 0 Å². The third-order valence-corrected chi connectivity index (χ3v) is 3.80. The van der Waals surface area contributed by atoms with Crippen LogP contribution in [0.3, 0.4) is 0 Å². The van der Waals surface area contributed by atoms with Gasteiger partial charge in [0.05, 0.1) is 17.6 Å². The Kier molecular flexibility index (Phi) is 5.84. The molecule has 1 aliphatic rings. The summed E-state index contributed by atoms with van der Waals surface area (Å²) >= 11 is 0. The van der Waals surface area contributed by atoms with E-state index in [9.17, 15) is 10.1 Å². The van der Waals surface area contributed by atoms with Crippen LogP contribution in [0.4, 0.5) is 11.4 Å². The van der Waals surface area contributed by atoms with E-state index in [1.807, 2.05) is 13.0 Å². The zero-order valence-electron chi connectivity index (χ0n) is 12.6. The maximum absolute atomic E-state index is 11.0. The molecule has 0 saturated heterocycles. The lowest BCUT2D eigenvalue weighted by Crippen LogP contribution is -2.18. The fourth-order valence-electron chi connectivity index (χ4n) is 2.73. The predicted molar refractivity (Wildman–Crippen MR) is 84.0 cm³/mol. The molecule has 0 aliphatic heterocycles. The van der Waals surface area contributed by atoms with Crippen LogP contribution in [0.15, 0.2) is 18.2 Å². The average Bonchev–Trinajstić information content (AvgIpc) is 2.73. The van der Waals surface area contributed by atoms with Crippen LogP contribution in [0, 0.1) is 10.1 Å². The van der Waals surface area contributed by atoms with Gasteiger partial charge in [0.1, 0.15) is 5.75 Å². The zero-order chi connectivity index (χ0) is 15.1.